The lowest BCUT2D eigenvalue weighted by Crippen LogP contribution is -2.14. The van der Waals surface area contributed by atoms with Crippen LogP contribution in [-0.2, 0) is 12.7 Å². The predicted octanol–water partition coefficient (Wildman–Crippen LogP) is 3.63. The summed E-state index contributed by atoms with van der Waals surface area (Å²) in [4.78, 5) is 12.1. The van der Waals surface area contributed by atoms with E-state index >= 15 is 0 Å². The number of hydrogen-bond acceptors (Lipinski definition) is 3. The van der Waals surface area contributed by atoms with Crippen LogP contribution in [0.1, 0.15) is 33.0 Å². The van der Waals surface area contributed by atoms with Gasteiger partial charge < -0.3 is 15.5 Å². The Morgan fingerprint density at radius 2 is 1.91 bits per heavy atom. The minimum absolute atomic E-state index is 0.0403. The molecule has 0 bridgehead atoms. The maximum absolute atomic E-state index is 12.8. The molecule has 0 aliphatic rings. The number of alkyl halides is 3. The van der Waals surface area contributed by atoms with E-state index in [0.717, 1.165) is 12.1 Å². The molecule has 1 aromatic carbocycles. The third-order valence-electron chi connectivity index (χ3n) is 3.10. The summed E-state index contributed by atoms with van der Waals surface area (Å²) < 4.78 is 43.8. The molecule has 1 aromatic heterocycles. The quantitative estimate of drug-likeness (QED) is 0.909. The van der Waals surface area contributed by atoms with Crippen molar-refractivity contribution < 1.29 is 22.4 Å². The Balaban J connectivity index is 2.33. The Hall–Kier alpha value is -2.28. The van der Waals surface area contributed by atoms with Gasteiger partial charge in [-0.25, -0.2) is 0 Å². The van der Waals surface area contributed by atoms with E-state index in [1.165, 1.54) is 12.1 Å². The summed E-state index contributed by atoms with van der Waals surface area (Å²) >= 11 is 0. The average Bonchev–Trinajstić information content (AvgIpc) is 2.76. The predicted molar refractivity (Wildman–Crippen MR) is 75.5 cm³/mol. The second-order valence-electron chi connectivity index (χ2n) is 4.90. The summed E-state index contributed by atoms with van der Waals surface area (Å²) in [5.74, 6) is 0.423. The molecule has 22 heavy (non-hydrogen) atoms. The molecule has 2 rings (SSSR count). The van der Waals surface area contributed by atoms with Crippen molar-refractivity contribution in [3.63, 3.8) is 0 Å². The highest BCUT2D eigenvalue weighted by molar-refractivity contribution is 6.05. The maximum Gasteiger partial charge on any atom is 0.416 e. The molecule has 4 nitrogen and oxygen atoms in total. The highest BCUT2D eigenvalue weighted by atomic mass is 19.4. The fraction of sp³-hybridized carbons (Fsp3) is 0.267. The van der Waals surface area contributed by atoms with Crippen LogP contribution in [0.15, 0.2) is 28.7 Å². The second-order valence-corrected chi connectivity index (χ2v) is 4.90. The molecule has 0 saturated heterocycles. The maximum atomic E-state index is 12.8. The summed E-state index contributed by atoms with van der Waals surface area (Å²) in [7, 11) is 0. The zero-order valence-corrected chi connectivity index (χ0v) is 12.0. The van der Waals surface area contributed by atoms with E-state index in [2.05, 4.69) is 5.32 Å². The molecular weight excluding hydrogens is 297 g/mol. The van der Waals surface area contributed by atoms with Gasteiger partial charge in [0.05, 0.1) is 11.1 Å². The lowest BCUT2D eigenvalue weighted by atomic mass is 10.1. The van der Waals surface area contributed by atoms with E-state index in [1.807, 2.05) is 0 Å². The third-order valence-corrected chi connectivity index (χ3v) is 3.10. The number of aryl methyl sites for hydroxylation is 2. The number of carbonyl (C=O) groups is 1. The van der Waals surface area contributed by atoms with Gasteiger partial charge in [-0.05, 0) is 43.7 Å². The first-order chi connectivity index (χ1) is 10.2. The van der Waals surface area contributed by atoms with Crippen molar-refractivity contribution in [2.24, 2.45) is 5.73 Å². The first-order valence-electron chi connectivity index (χ1n) is 6.50. The summed E-state index contributed by atoms with van der Waals surface area (Å²) in [6.07, 6.45) is -4.51. The van der Waals surface area contributed by atoms with E-state index in [-0.39, 0.29) is 23.4 Å². The largest absolute Gasteiger partial charge is 0.466 e. The number of rotatable bonds is 3. The van der Waals surface area contributed by atoms with Gasteiger partial charge in [-0.3, -0.25) is 4.79 Å². The molecule has 0 aliphatic heterocycles. The Morgan fingerprint density at radius 1 is 1.23 bits per heavy atom. The van der Waals surface area contributed by atoms with Crippen molar-refractivity contribution in [2.45, 2.75) is 26.6 Å². The smallest absolute Gasteiger partial charge is 0.416 e. The molecule has 0 aliphatic carbocycles. The molecule has 0 radical (unpaired) electrons. The Kier molecular flexibility index (Phi) is 4.27. The van der Waals surface area contributed by atoms with E-state index < -0.39 is 17.6 Å². The van der Waals surface area contributed by atoms with Crippen LogP contribution in [0.3, 0.4) is 0 Å². The van der Waals surface area contributed by atoms with Gasteiger partial charge in [0, 0.05) is 12.2 Å². The van der Waals surface area contributed by atoms with E-state index in [1.54, 1.807) is 13.8 Å². The molecule has 2 aromatic rings. The second kappa shape index (κ2) is 5.84. The zero-order chi connectivity index (χ0) is 16.5. The molecule has 1 heterocycles. The number of benzene rings is 1. The Bertz CT molecular complexity index is 705. The first-order valence-corrected chi connectivity index (χ1v) is 6.50. The molecule has 0 unspecified atom stereocenters. The average molecular weight is 312 g/mol. The van der Waals surface area contributed by atoms with Crippen molar-refractivity contribution in [2.75, 3.05) is 5.32 Å². The van der Waals surface area contributed by atoms with Crippen LogP contribution in [0.5, 0.6) is 0 Å². The molecule has 0 saturated carbocycles. The van der Waals surface area contributed by atoms with Crippen molar-refractivity contribution in [3.05, 3.63) is 52.5 Å². The lowest BCUT2D eigenvalue weighted by Gasteiger charge is -2.12. The van der Waals surface area contributed by atoms with Crippen LogP contribution in [0.2, 0.25) is 0 Å². The minimum Gasteiger partial charge on any atom is -0.466 e. The van der Waals surface area contributed by atoms with Crippen molar-refractivity contribution in [1.29, 1.82) is 0 Å². The summed E-state index contributed by atoms with van der Waals surface area (Å²) in [5, 5.41) is 2.45. The topological polar surface area (TPSA) is 68.3 Å². The van der Waals surface area contributed by atoms with Crippen LogP contribution in [0, 0.1) is 13.8 Å². The summed E-state index contributed by atoms with van der Waals surface area (Å²) in [5.41, 5.74) is 5.15. The lowest BCUT2D eigenvalue weighted by molar-refractivity contribution is -0.137. The van der Waals surface area contributed by atoms with Gasteiger partial charge in [0.1, 0.15) is 11.5 Å². The fourth-order valence-electron chi connectivity index (χ4n) is 2.10. The van der Waals surface area contributed by atoms with Gasteiger partial charge in [-0.15, -0.1) is 0 Å². The molecule has 7 heteroatoms. The van der Waals surface area contributed by atoms with Crippen molar-refractivity contribution >= 4 is 11.6 Å². The number of nitrogens with one attached hydrogen (secondary N) is 1. The third kappa shape index (κ3) is 3.48. The molecule has 0 atom stereocenters. The van der Waals surface area contributed by atoms with Crippen LogP contribution >= 0.6 is 0 Å². The van der Waals surface area contributed by atoms with E-state index in [0.29, 0.717) is 11.5 Å². The monoisotopic (exact) mass is 312 g/mol. The summed E-state index contributed by atoms with van der Waals surface area (Å²) in [6, 6.07) is 4.78. The van der Waals surface area contributed by atoms with Crippen LogP contribution in [0.4, 0.5) is 18.9 Å². The SMILES string of the molecule is Cc1cc(C(=O)Nc2cc(CN)cc(C(F)(F)F)c2)c(C)o1. The Labute approximate surface area is 125 Å². The highest BCUT2D eigenvalue weighted by Gasteiger charge is 2.31. The minimum atomic E-state index is -4.51. The molecule has 118 valence electrons. The number of furan rings is 1. The van der Waals surface area contributed by atoms with Gasteiger partial charge in [-0.1, -0.05) is 0 Å². The van der Waals surface area contributed by atoms with Gasteiger partial charge >= 0.3 is 6.18 Å². The van der Waals surface area contributed by atoms with Crippen molar-refractivity contribution in [3.8, 4) is 0 Å². The molecule has 0 spiro atoms. The van der Waals surface area contributed by atoms with Crippen molar-refractivity contribution in [1.82, 2.24) is 0 Å². The summed E-state index contributed by atoms with van der Waals surface area (Å²) in [6.45, 7) is 3.23. The number of amides is 1. The van der Waals surface area contributed by atoms with Crippen LogP contribution in [0.25, 0.3) is 0 Å². The van der Waals surface area contributed by atoms with Gasteiger partial charge in [0.15, 0.2) is 0 Å². The number of hydrogen-bond donors (Lipinski definition) is 2. The molecule has 3 N–H and O–H groups in total. The van der Waals surface area contributed by atoms with Crippen LogP contribution < -0.4 is 11.1 Å². The molecular formula is C15H15F3N2O2. The molecule has 0 fully saturated rings. The van der Waals surface area contributed by atoms with Gasteiger partial charge in [0.25, 0.3) is 5.91 Å². The number of nitrogens with two attached hydrogens (primary N) is 1. The number of anilines is 1. The van der Waals surface area contributed by atoms with E-state index in [4.69, 9.17) is 10.2 Å². The first kappa shape index (κ1) is 16.1. The zero-order valence-electron chi connectivity index (χ0n) is 12.0. The standard InChI is InChI=1S/C15H15F3N2O2/c1-8-3-13(9(2)22-8)14(21)20-12-5-10(7-19)4-11(6-12)15(16,17)18/h3-6H,7,19H2,1-2H3,(H,20,21). The van der Waals surface area contributed by atoms with E-state index in [9.17, 15) is 18.0 Å². The van der Waals surface area contributed by atoms with Gasteiger partial charge in [0.2, 0.25) is 0 Å². The Morgan fingerprint density at radius 3 is 2.41 bits per heavy atom. The number of carbonyl (C=O) groups excluding carboxylic acids is 1. The number of halogens is 3. The van der Waals surface area contributed by atoms with Crippen LogP contribution in [-0.4, -0.2) is 5.91 Å². The normalized spacial score (nSPS) is 11.5. The highest BCUT2D eigenvalue weighted by Crippen LogP contribution is 2.32. The van der Waals surface area contributed by atoms with Gasteiger partial charge in [-0.2, -0.15) is 13.2 Å². The fourth-order valence-corrected chi connectivity index (χ4v) is 2.10. The molecule has 1 amide bonds.